The average Bonchev–Trinajstić information content (AvgIpc) is 2.39. The van der Waals surface area contributed by atoms with Crippen LogP contribution in [0, 0.1) is 13.5 Å². The van der Waals surface area contributed by atoms with Crippen LogP contribution in [0.4, 0.5) is 5.69 Å². The van der Waals surface area contributed by atoms with Crippen molar-refractivity contribution in [3.05, 3.63) is 29.4 Å². The topological polar surface area (TPSA) is 20.1 Å². The molecule has 2 nitrogen and oxygen atoms in total. The van der Waals surface area contributed by atoms with E-state index < -0.39 is 0 Å². The second kappa shape index (κ2) is 5.97. The van der Waals surface area contributed by atoms with Gasteiger partial charge < -0.3 is 4.98 Å². The Morgan fingerprint density at radius 3 is 2.30 bits per heavy atom. The number of aryl methyl sites for hydroxylation is 1. The normalized spacial score (nSPS) is 7.40. The predicted octanol–water partition coefficient (Wildman–Crippen LogP) is 3.65. The number of aromatic amines is 1. The van der Waals surface area contributed by atoms with Crippen molar-refractivity contribution in [3.63, 3.8) is 0 Å². The molecule has 1 aromatic heterocycles. The first-order valence-electron chi connectivity index (χ1n) is 2.49. The molecule has 10 heavy (non-hydrogen) atoms. The largest absolute Gasteiger partial charge is 0.378 e. The van der Waals surface area contributed by atoms with E-state index in [1.165, 1.54) is 0 Å². The van der Waals surface area contributed by atoms with Gasteiger partial charge in [0.25, 0.3) is 0 Å². The highest BCUT2D eigenvalue weighted by molar-refractivity contribution is 15.0. The molecule has 0 amide bonds. The van der Waals surface area contributed by atoms with Gasteiger partial charge in [0, 0.05) is 43.4 Å². The molecule has 0 radical (unpaired) electrons. The van der Waals surface area contributed by atoms with Crippen LogP contribution in [0.2, 0.25) is 0 Å². The van der Waals surface area contributed by atoms with E-state index in [2.05, 4.69) is 47.1 Å². The minimum atomic E-state index is 0.713. The summed E-state index contributed by atoms with van der Waals surface area (Å²) in [7, 11) is 0. The molecule has 4 heteroatoms. The number of halogens is 2. The van der Waals surface area contributed by atoms with E-state index in [1.54, 1.807) is 6.20 Å². The Hall–Kier alpha value is 0.230. The van der Waals surface area contributed by atoms with Gasteiger partial charge in [-0.3, -0.25) is 0 Å². The molecule has 0 aliphatic rings. The maximum absolute atomic E-state index is 6.61. The first kappa shape index (κ1) is 10.2. The SMILES string of the molecule is II.[C-]#[N+]c1c[nH]cc1C. The molecule has 0 bridgehead atoms. The fourth-order valence-corrected chi connectivity index (χ4v) is 0.554. The van der Waals surface area contributed by atoms with Gasteiger partial charge in [0.1, 0.15) is 0 Å². The number of rotatable bonds is 0. The quantitative estimate of drug-likeness (QED) is 0.539. The van der Waals surface area contributed by atoms with E-state index in [0.29, 0.717) is 5.69 Å². The summed E-state index contributed by atoms with van der Waals surface area (Å²) in [6.07, 6.45) is 3.51. The molecular formula is C6H6I2N2. The first-order valence-corrected chi connectivity index (χ1v) is 8.78. The van der Waals surface area contributed by atoms with E-state index in [0.717, 1.165) is 5.56 Å². The van der Waals surface area contributed by atoms with Gasteiger partial charge in [-0.1, -0.05) is 0 Å². The molecule has 0 spiro atoms. The molecule has 0 saturated carbocycles. The minimum Gasteiger partial charge on any atom is -0.378 e. The zero-order chi connectivity index (χ0) is 7.98. The van der Waals surface area contributed by atoms with Gasteiger partial charge in [-0.15, -0.1) is 0 Å². The van der Waals surface area contributed by atoms with E-state index >= 15 is 0 Å². The number of hydrogen-bond acceptors (Lipinski definition) is 0. The van der Waals surface area contributed by atoms with Crippen LogP contribution < -0.4 is 0 Å². The average molecular weight is 360 g/mol. The van der Waals surface area contributed by atoms with Crippen LogP contribution in [0.25, 0.3) is 4.85 Å². The van der Waals surface area contributed by atoms with Crippen molar-refractivity contribution in [1.82, 2.24) is 4.98 Å². The lowest BCUT2D eigenvalue weighted by Gasteiger charge is -1.77. The van der Waals surface area contributed by atoms with Crippen molar-refractivity contribution in [2.75, 3.05) is 0 Å². The lowest BCUT2D eigenvalue weighted by Crippen LogP contribution is -1.55. The molecule has 0 aliphatic carbocycles. The highest BCUT2D eigenvalue weighted by Gasteiger charge is 1.92. The summed E-state index contributed by atoms with van der Waals surface area (Å²) in [6.45, 7) is 8.51. The molecule has 1 aromatic rings. The Morgan fingerprint density at radius 2 is 2.10 bits per heavy atom. The van der Waals surface area contributed by atoms with Crippen LogP contribution in [-0.4, -0.2) is 4.98 Å². The van der Waals surface area contributed by atoms with Crippen LogP contribution in [-0.2, 0) is 0 Å². The van der Waals surface area contributed by atoms with Crippen LogP contribution in [0.3, 0.4) is 0 Å². The fourth-order valence-electron chi connectivity index (χ4n) is 0.554. The molecule has 1 rings (SSSR count). The highest BCUT2D eigenvalue weighted by Crippen LogP contribution is 2.15. The van der Waals surface area contributed by atoms with Crippen molar-refractivity contribution in [2.45, 2.75) is 6.92 Å². The van der Waals surface area contributed by atoms with Gasteiger partial charge in [0.2, 0.25) is 5.69 Å². The van der Waals surface area contributed by atoms with Crippen molar-refractivity contribution in [3.8, 4) is 0 Å². The van der Waals surface area contributed by atoms with Gasteiger partial charge >= 0.3 is 0 Å². The van der Waals surface area contributed by atoms with E-state index in [9.17, 15) is 0 Å². The third-order valence-electron chi connectivity index (χ3n) is 1.04. The Balaban J connectivity index is 0.000000371. The van der Waals surface area contributed by atoms with Crippen molar-refractivity contribution < 1.29 is 0 Å². The summed E-state index contributed by atoms with van der Waals surface area (Å²) in [5.74, 6) is 0. The van der Waals surface area contributed by atoms with E-state index in [-0.39, 0.29) is 0 Å². The Morgan fingerprint density at radius 1 is 1.50 bits per heavy atom. The molecule has 1 N–H and O–H groups in total. The Labute approximate surface area is 83.5 Å². The van der Waals surface area contributed by atoms with E-state index in [4.69, 9.17) is 6.57 Å². The summed E-state index contributed by atoms with van der Waals surface area (Å²) < 4.78 is 0. The maximum atomic E-state index is 6.61. The number of H-pyrrole nitrogens is 1. The Kier molecular flexibility index (Phi) is 6.11. The van der Waals surface area contributed by atoms with Crippen LogP contribution in [0.1, 0.15) is 5.56 Å². The fraction of sp³-hybridized carbons (Fsp3) is 0.167. The molecule has 1 heterocycles. The van der Waals surface area contributed by atoms with Gasteiger partial charge in [-0.2, -0.15) is 0 Å². The van der Waals surface area contributed by atoms with Gasteiger partial charge in [-0.25, -0.2) is 4.85 Å². The zero-order valence-electron chi connectivity index (χ0n) is 5.36. The minimum absolute atomic E-state index is 0.713. The first-order chi connectivity index (χ1) is 4.84. The third kappa shape index (κ3) is 2.88. The van der Waals surface area contributed by atoms with E-state index in [1.807, 2.05) is 13.1 Å². The third-order valence-corrected chi connectivity index (χ3v) is 1.04. The van der Waals surface area contributed by atoms with Gasteiger partial charge in [-0.05, 0) is 18.7 Å². The lowest BCUT2D eigenvalue weighted by molar-refractivity contribution is 1.39. The van der Waals surface area contributed by atoms with Crippen molar-refractivity contribution in [1.29, 1.82) is 0 Å². The molecule has 0 aliphatic heterocycles. The zero-order valence-corrected chi connectivity index (χ0v) is 9.67. The second-order valence-corrected chi connectivity index (χ2v) is 1.64. The maximum Gasteiger partial charge on any atom is 0.206 e. The molecule has 0 atom stereocenters. The summed E-state index contributed by atoms with van der Waals surface area (Å²) in [5, 5.41) is 0. The monoisotopic (exact) mass is 360 g/mol. The van der Waals surface area contributed by atoms with Crippen LogP contribution in [0.5, 0.6) is 0 Å². The molecule has 0 aromatic carbocycles. The standard InChI is InChI=1S/C6H6N2.I2/c1-5-3-8-4-6(5)7-2;1-2/h3-4,8H,1H3;. The number of nitrogens with one attached hydrogen (secondary N) is 1. The molecule has 0 fully saturated rings. The Bertz CT molecular complexity index is 224. The highest BCUT2D eigenvalue weighted by atomic mass is 128. The molecule has 54 valence electrons. The number of nitrogens with zero attached hydrogens (tertiary/aromatic N) is 1. The van der Waals surface area contributed by atoms with Crippen molar-refractivity contribution >= 4 is 42.9 Å². The molecular weight excluding hydrogens is 354 g/mol. The molecule has 0 unspecified atom stereocenters. The van der Waals surface area contributed by atoms with Crippen molar-refractivity contribution in [2.24, 2.45) is 0 Å². The summed E-state index contributed by atoms with van der Waals surface area (Å²) >= 11 is 4.24. The van der Waals surface area contributed by atoms with Gasteiger partial charge in [0.15, 0.2) is 0 Å². The summed E-state index contributed by atoms with van der Waals surface area (Å²) in [6, 6.07) is 0. The molecule has 0 saturated heterocycles. The smallest absolute Gasteiger partial charge is 0.206 e. The number of hydrogen-bond donors (Lipinski definition) is 1. The van der Waals surface area contributed by atoms with Gasteiger partial charge in [0.05, 0.1) is 6.57 Å². The second-order valence-electron chi connectivity index (χ2n) is 1.64. The number of aromatic nitrogens is 1. The van der Waals surface area contributed by atoms with Crippen LogP contribution in [0.15, 0.2) is 12.4 Å². The predicted molar refractivity (Wildman–Crippen MR) is 59.8 cm³/mol. The van der Waals surface area contributed by atoms with Crippen LogP contribution >= 0.6 is 37.2 Å². The summed E-state index contributed by atoms with van der Waals surface area (Å²) in [5.41, 5.74) is 1.73. The summed E-state index contributed by atoms with van der Waals surface area (Å²) in [4.78, 5) is 6.08. The lowest BCUT2D eigenvalue weighted by atomic mass is 10.3.